The molecule has 122 valence electrons. The number of ether oxygens (including phenoxy) is 1. The minimum Gasteiger partial charge on any atom is -0.486 e. The molecule has 0 radical (unpaired) electrons. The number of hydrogen-bond donors (Lipinski definition) is 0. The van der Waals surface area contributed by atoms with Crippen LogP contribution in [0, 0.1) is 13.8 Å². The van der Waals surface area contributed by atoms with Crippen LogP contribution in [-0.4, -0.2) is 25.1 Å². The Balaban J connectivity index is 1.74. The lowest BCUT2D eigenvalue weighted by Crippen LogP contribution is -2.01. The Morgan fingerprint density at radius 3 is 2.65 bits per heavy atom. The van der Waals surface area contributed by atoms with Crippen LogP contribution in [0.25, 0.3) is 4.96 Å². The lowest BCUT2D eigenvalue weighted by Gasteiger charge is -2.10. The lowest BCUT2D eigenvalue weighted by molar-refractivity contribution is 0.300. The summed E-state index contributed by atoms with van der Waals surface area (Å²) in [5, 5.41) is 14.5. The summed E-state index contributed by atoms with van der Waals surface area (Å²) >= 11 is 3.36. The molecule has 0 spiro atoms. The molecule has 0 saturated carbocycles. The average Bonchev–Trinajstić information content (AvgIpc) is 3.05. The van der Waals surface area contributed by atoms with Crippen molar-refractivity contribution in [2.24, 2.45) is 0 Å². The normalized spacial score (nSPS) is 11.5. The number of nitrogens with zero attached hydrogens (tertiary/aromatic N) is 4. The van der Waals surface area contributed by atoms with Gasteiger partial charge in [0, 0.05) is 0 Å². The summed E-state index contributed by atoms with van der Waals surface area (Å²) in [6.45, 7) is 8.92. The van der Waals surface area contributed by atoms with Gasteiger partial charge in [0.1, 0.15) is 12.4 Å². The highest BCUT2D eigenvalue weighted by Gasteiger charge is 2.13. The van der Waals surface area contributed by atoms with E-state index >= 15 is 0 Å². The van der Waals surface area contributed by atoms with Crippen molar-refractivity contribution < 1.29 is 4.74 Å². The van der Waals surface area contributed by atoms with Crippen LogP contribution >= 0.6 is 23.1 Å². The van der Waals surface area contributed by atoms with Gasteiger partial charge in [0.05, 0.1) is 5.75 Å². The van der Waals surface area contributed by atoms with Crippen LogP contribution in [0.3, 0.4) is 0 Å². The number of rotatable bonds is 6. The molecule has 0 unspecified atom stereocenters. The molecule has 0 saturated heterocycles. The van der Waals surface area contributed by atoms with E-state index in [0.29, 0.717) is 11.9 Å². The van der Waals surface area contributed by atoms with E-state index in [1.165, 1.54) is 11.3 Å². The average molecular weight is 348 g/mol. The molecule has 7 heteroatoms. The van der Waals surface area contributed by atoms with Gasteiger partial charge in [0.2, 0.25) is 4.96 Å². The number of aromatic nitrogens is 4. The predicted molar refractivity (Wildman–Crippen MR) is 95.3 cm³/mol. The maximum absolute atomic E-state index is 5.97. The Hall–Kier alpha value is -1.60. The number of fused-ring (bicyclic) bond motifs is 1. The van der Waals surface area contributed by atoms with Gasteiger partial charge < -0.3 is 4.74 Å². The summed E-state index contributed by atoms with van der Waals surface area (Å²) in [5.41, 5.74) is 2.28. The van der Waals surface area contributed by atoms with Gasteiger partial charge >= 0.3 is 0 Å². The fourth-order valence-electron chi connectivity index (χ4n) is 2.25. The molecule has 0 aliphatic carbocycles. The van der Waals surface area contributed by atoms with Gasteiger partial charge in [0.15, 0.2) is 10.8 Å². The van der Waals surface area contributed by atoms with Crippen molar-refractivity contribution in [2.75, 3.05) is 0 Å². The van der Waals surface area contributed by atoms with Crippen molar-refractivity contribution in [3.8, 4) is 5.75 Å². The smallest absolute Gasteiger partial charge is 0.234 e. The molecule has 0 aliphatic heterocycles. The van der Waals surface area contributed by atoms with Crippen LogP contribution in [0.15, 0.2) is 18.2 Å². The van der Waals surface area contributed by atoms with E-state index < -0.39 is 0 Å². The van der Waals surface area contributed by atoms with Crippen molar-refractivity contribution in [2.45, 2.75) is 45.3 Å². The number of hydrogen-bond acceptors (Lipinski definition) is 6. The summed E-state index contributed by atoms with van der Waals surface area (Å²) in [6, 6.07) is 6.16. The number of benzene rings is 1. The molecular formula is C16H20N4OS2. The summed E-state index contributed by atoms with van der Waals surface area (Å²) in [7, 11) is 0. The van der Waals surface area contributed by atoms with Gasteiger partial charge in [-0.2, -0.15) is 21.4 Å². The highest BCUT2D eigenvalue weighted by Crippen LogP contribution is 2.25. The fourth-order valence-corrected chi connectivity index (χ4v) is 3.68. The van der Waals surface area contributed by atoms with Crippen LogP contribution in [0.5, 0.6) is 5.75 Å². The third-order valence-electron chi connectivity index (χ3n) is 3.39. The topological polar surface area (TPSA) is 52.3 Å². The van der Waals surface area contributed by atoms with Crippen molar-refractivity contribution in [3.63, 3.8) is 0 Å². The Bertz CT molecular complexity index is 789. The van der Waals surface area contributed by atoms with E-state index in [-0.39, 0.29) is 0 Å². The van der Waals surface area contributed by atoms with Gasteiger partial charge in [-0.1, -0.05) is 43.4 Å². The molecule has 3 aromatic rings. The van der Waals surface area contributed by atoms with Gasteiger partial charge in [-0.25, -0.2) is 0 Å². The largest absolute Gasteiger partial charge is 0.486 e. The molecular weight excluding hydrogens is 328 g/mol. The SMILES string of the molecule is Cc1cccc(C)c1OCc1nn2c(CSC(C)C)nnc2s1. The van der Waals surface area contributed by atoms with Crippen molar-refractivity contribution in [3.05, 3.63) is 40.2 Å². The van der Waals surface area contributed by atoms with E-state index in [4.69, 9.17) is 4.74 Å². The lowest BCUT2D eigenvalue weighted by atomic mass is 10.1. The van der Waals surface area contributed by atoms with Crippen LogP contribution in [0.2, 0.25) is 0 Å². The molecule has 2 heterocycles. The molecule has 2 aromatic heterocycles. The molecule has 0 bridgehead atoms. The maximum atomic E-state index is 5.97. The summed E-state index contributed by atoms with van der Waals surface area (Å²) in [6.07, 6.45) is 0. The second kappa shape index (κ2) is 6.88. The molecule has 0 aliphatic rings. The molecule has 0 amide bonds. The van der Waals surface area contributed by atoms with Gasteiger partial charge in [0.25, 0.3) is 0 Å². The van der Waals surface area contributed by atoms with E-state index in [1.807, 2.05) is 22.3 Å². The van der Waals surface area contributed by atoms with Crippen LogP contribution in [0.4, 0.5) is 0 Å². The summed E-state index contributed by atoms with van der Waals surface area (Å²) in [5.74, 6) is 2.65. The number of para-hydroxylation sites is 1. The molecule has 0 fully saturated rings. The quantitative estimate of drug-likeness (QED) is 0.673. The van der Waals surface area contributed by atoms with E-state index in [0.717, 1.165) is 38.4 Å². The van der Waals surface area contributed by atoms with Gasteiger partial charge in [-0.05, 0) is 30.2 Å². The maximum Gasteiger partial charge on any atom is 0.234 e. The first-order valence-electron chi connectivity index (χ1n) is 7.55. The van der Waals surface area contributed by atoms with Crippen LogP contribution < -0.4 is 4.74 Å². The first-order chi connectivity index (χ1) is 11.0. The summed E-state index contributed by atoms with van der Waals surface area (Å²) in [4.78, 5) is 0.824. The molecule has 0 atom stereocenters. The number of thioether (sulfide) groups is 1. The zero-order valence-corrected chi connectivity index (χ0v) is 15.4. The minimum atomic E-state index is 0.455. The van der Waals surface area contributed by atoms with Crippen LogP contribution in [-0.2, 0) is 12.4 Å². The van der Waals surface area contributed by atoms with E-state index in [2.05, 4.69) is 55.1 Å². The van der Waals surface area contributed by atoms with Gasteiger partial charge in [-0.15, -0.1) is 10.2 Å². The Morgan fingerprint density at radius 1 is 1.22 bits per heavy atom. The second-order valence-corrected chi connectivity index (χ2v) is 8.28. The zero-order valence-electron chi connectivity index (χ0n) is 13.7. The second-order valence-electron chi connectivity index (χ2n) is 5.68. The Kier molecular flexibility index (Phi) is 4.87. The highest BCUT2D eigenvalue weighted by atomic mass is 32.2. The van der Waals surface area contributed by atoms with Crippen LogP contribution in [0.1, 0.15) is 35.8 Å². The van der Waals surface area contributed by atoms with E-state index in [1.54, 1.807) is 0 Å². The fraction of sp³-hybridized carbons (Fsp3) is 0.438. The third kappa shape index (κ3) is 3.67. The molecule has 0 N–H and O–H groups in total. The standard InChI is InChI=1S/C16H20N4OS2/c1-10(2)22-9-13-17-18-16-20(13)19-14(23-16)8-21-15-11(3)6-5-7-12(15)4/h5-7,10H,8-9H2,1-4H3. The predicted octanol–water partition coefficient (Wildman–Crippen LogP) is 4.02. The zero-order chi connectivity index (χ0) is 16.4. The molecule has 1 aromatic carbocycles. The number of aryl methyl sites for hydroxylation is 2. The van der Waals surface area contributed by atoms with Crippen molar-refractivity contribution in [1.82, 2.24) is 19.8 Å². The molecule has 5 nitrogen and oxygen atoms in total. The molecule has 3 rings (SSSR count). The first kappa shape index (κ1) is 16.3. The highest BCUT2D eigenvalue weighted by molar-refractivity contribution is 7.99. The Labute approximate surface area is 144 Å². The monoisotopic (exact) mass is 348 g/mol. The van der Waals surface area contributed by atoms with Crippen molar-refractivity contribution in [1.29, 1.82) is 0 Å². The Morgan fingerprint density at radius 2 is 1.96 bits per heavy atom. The van der Waals surface area contributed by atoms with Crippen molar-refractivity contribution >= 4 is 28.1 Å². The third-order valence-corrected chi connectivity index (χ3v) is 5.36. The van der Waals surface area contributed by atoms with E-state index in [9.17, 15) is 0 Å². The minimum absolute atomic E-state index is 0.455. The summed E-state index contributed by atoms with van der Waals surface area (Å²) < 4.78 is 7.81. The first-order valence-corrected chi connectivity index (χ1v) is 9.41. The molecule has 23 heavy (non-hydrogen) atoms. The van der Waals surface area contributed by atoms with Gasteiger partial charge in [-0.3, -0.25) is 0 Å².